The minimum Gasteiger partial charge on any atom is -0.359 e. The predicted octanol–water partition coefficient (Wildman–Crippen LogP) is 13.7. The molecule has 6 aromatic rings. The van der Waals surface area contributed by atoms with Crippen LogP contribution in [0.1, 0.15) is 110 Å². The number of ether oxygens (including phenoxy) is 12. The predicted molar refractivity (Wildman–Crippen MR) is 299 cm³/mol. The number of rotatable bonds is 18. The van der Waals surface area contributed by atoms with Crippen molar-refractivity contribution in [3.63, 3.8) is 0 Å². The third kappa shape index (κ3) is 11.3. The second-order valence-corrected chi connectivity index (χ2v) is 21.7. The molecule has 6 aromatic carbocycles. The summed E-state index contributed by atoms with van der Waals surface area (Å²) < 4.78 is 73.6. The van der Waals surface area contributed by atoms with Crippen LogP contribution in [0.2, 0.25) is 0 Å². The number of hydrogen-bond acceptors (Lipinski definition) is 12. The Kier molecular flexibility index (Phi) is 17.8. The van der Waals surface area contributed by atoms with Crippen LogP contribution in [0.4, 0.5) is 0 Å². The van der Waals surface area contributed by atoms with Crippen molar-refractivity contribution >= 4 is 0 Å². The minimum absolute atomic E-state index is 0.180. The van der Waals surface area contributed by atoms with Crippen LogP contribution in [0, 0.1) is 0 Å². The molecule has 28 rings (SSSR count). The molecule has 0 unspecified atom stereocenters. The molecule has 0 amide bonds. The molecule has 22 aliphatic rings. The van der Waals surface area contributed by atoms with Gasteiger partial charge in [-0.3, -0.25) is 0 Å². The van der Waals surface area contributed by atoms with Crippen molar-refractivity contribution in [2.24, 2.45) is 0 Å². The van der Waals surface area contributed by atoms with Crippen molar-refractivity contribution in [2.45, 2.75) is 111 Å². The molecule has 3 saturated carbocycles. The fourth-order valence-corrected chi connectivity index (χ4v) is 13.1. The fourth-order valence-electron chi connectivity index (χ4n) is 13.1. The molecule has 0 atom stereocenters. The highest BCUT2D eigenvalue weighted by Gasteiger charge is 2.49. The zero-order valence-corrected chi connectivity index (χ0v) is 46.5. The van der Waals surface area contributed by atoms with Gasteiger partial charge in [-0.15, -0.1) is 0 Å². The van der Waals surface area contributed by atoms with E-state index in [0.717, 1.165) is 144 Å². The molecule has 414 valence electrons. The summed E-state index contributed by atoms with van der Waals surface area (Å²) in [5, 5.41) is 0. The lowest BCUT2D eigenvalue weighted by molar-refractivity contribution is -0.203. The summed E-state index contributed by atoms with van der Waals surface area (Å²) >= 11 is 0. The Morgan fingerprint density at radius 1 is 0.205 bits per heavy atom. The van der Waals surface area contributed by atoms with Crippen molar-refractivity contribution < 1.29 is 56.8 Å². The molecular formula is C66H78O12. The van der Waals surface area contributed by atoms with E-state index in [-0.39, 0.29) is 40.8 Å². The Labute approximate surface area is 461 Å². The largest absolute Gasteiger partial charge is 0.359 e. The molecular weight excluding hydrogens is 985 g/mol. The maximum absolute atomic E-state index is 6.71. The molecule has 0 N–H and O–H groups in total. The first-order valence-corrected chi connectivity index (χ1v) is 27.6. The summed E-state index contributed by atoms with van der Waals surface area (Å²) in [6.45, 7) is 1.08. The molecule has 0 saturated heterocycles. The summed E-state index contributed by atoms with van der Waals surface area (Å²) in [6.07, 6.45) is 8.70. The minimum atomic E-state index is -0.571. The van der Waals surface area contributed by atoms with E-state index in [1.165, 1.54) is 0 Å². The molecule has 12 nitrogen and oxygen atoms in total. The van der Waals surface area contributed by atoms with Crippen molar-refractivity contribution in [1.29, 1.82) is 0 Å². The highest BCUT2D eigenvalue weighted by Crippen LogP contribution is 2.54. The summed E-state index contributed by atoms with van der Waals surface area (Å²) in [5.41, 5.74) is 9.97. The summed E-state index contributed by atoms with van der Waals surface area (Å²) in [4.78, 5) is 0. The Balaban J connectivity index is 1.02. The zero-order chi connectivity index (χ0) is 54.1. The van der Waals surface area contributed by atoms with Gasteiger partial charge in [-0.05, 0) is 144 Å². The average molecular weight is 1060 g/mol. The van der Waals surface area contributed by atoms with Gasteiger partial charge in [-0.25, -0.2) is 0 Å². The molecule has 22 aliphatic carbocycles. The second kappa shape index (κ2) is 24.7. The Hall–Kier alpha value is -5.16. The van der Waals surface area contributed by atoms with E-state index < -0.39 is 33.6 Å². The fraction of sp³-hybridized carbons (Fsp3) is 0.455. The maximum Gasteiger partial charge on any atom is 0.147 e. The SMILES string of the molecule is COCOC12CCC(OCOC)(CC1)c1ccc(cc1)-c1ccc(cc1)C1(OCOC)CCC(OCOC)(CC1)c1ccc(cc1)-c1ccc(cc1)C1(OCOC)CCC(OCOC)(CC1)c1ccc(cc1)-c1ccc2cc1. The molecule has 18 bridgehead atoms. The van der Waals surface area contributed by atoms with Crippen LogP contribution in [-0.2, 0) is 90.4 Å². The van der Waals surface area contributed by atoms with E-state index in [2.05, 4.69) is 146 Å². The monoisotopic (exact) mass is 1060 g/mol. The van der Waals surface area contributed by atoms with Crippen LogP contribution in [0.25, 0.3) is 33.4 Å². The molecule has 12 heteroatoms. The van der Waals surface area contributed by atoms with Crippen LogP contribution >= 0.6 is 0 Å². The van der Waals surface area contributed by atoms with Crippen LogP contribution in [0.5, 0.6) is 0 Å². The van der Waals surface area contributed by atoms with Gasteiger partial charge in [0.2, 0.25) is 0 Å². The van der Waals surface area contributed by atoms with E-state index in [4.69, 9.17) is 56.8 Å². The maximum atomic E-state index is 6.71. The van der Waals surface area contributed by atoms with Gasteiger partial charge < -0.3 is 56.8 Å². The van der Waals surface area contributed by atoms with Gasteiger partial charge in [0.15, 0.2) is 0 Å². The standard InChI is InChI=1S/C66H78O12/c1-67-43-73-61-31-33-62(34-32-61,74-44-68-2)56-21-9-51(10-22-56)52-13-25-58(26-14-52)65(77-47-71-5)39-41-66(42-40-65,78-48-72-6)60-29-17-54(18-30-60)53-15-27-59(28-16-53)64(76-46-70-4)37-35-63(36-38-64,75-45-69-3)57-23-11-50(12-24-57)49-7-19-55(61)20-8-49/h7-30H,31-48H2,1-6H3. The molecule has 3 fully saturated rings. The van der Waals surface area contributed by atoms with Crippen LogP contribution < -0.4 is 0 Å². The van der Waals surface area contributed by atoms with Gasteiger partial charge in [0.05, 0.1) is 33.6 Å². The van der Waals surface area contributed by atoms with E-state index >= 15 is 0 Å². The number of methoxy groups -OCH3 is 6. The van der Waals surface area contributed by atoms with Crippen molar-refractivity contribution in [2.75, 3.05) is 83.4 Å². The molecule has 0 aliphatic heterocycles. The molecule has 78 heavy (non-hydrogen) atoms. The average Bonchev–Trinajstić information content (AvgIpc) is 3.60. The van der Waals surface area contributed by atoms with E-state index in [9.17, 15) is 0 Å². The highest BCUT2D eigenvalue weighted by atomic mass is 16.7. The smallest absolute Gasteiger partial charge is 0.147 e. The van der Waals surface area contributed by atoms with Gasteiger partial charge in [0.25, 0.3) is 0 Å². The van der Waals surface area contributed by atoms with Gasteiger partial charge in [-0.2, -0.15) is 0 Å². The summed E-state index contributed by atoms with van der Waals surface area (Å²) in [5.74, 6) is 0. The third-order valence-electron chi connectivity index (χ3n) is 17.8. The molecule has 0 aromatic heterocycles. The van der Waals surface area contributed by atoms with Crippen LogP contribution in [0.15, 0.2) is 146 Å². The lowest BCUT2D eigenvalue weighted by atomic mass is 9.69. The van der Waals surface area contributed by atoms with Crippen LogP contribution in [-0.4, -0.2) is 83.4 Å². The number of benzene rings is 6. The quantitative estimate of drug-likeness (QED) is 0.0764. The highest BCUT2D eigenvalue weighted by molar-refractivity contribution is 5.67. The zero-order valence-electron chi connectivity index (χ0n) is 46.5. The van der Waals surface area contributed by atoms with E-state index in [1.54, 1.807) is 42.7 Å². The van der Waals surface area contributed by atoms with Crippen LogP contribution in [0.3, 0.4) is 0 Å². The first-order chi connectivity index (χ1) is 38.1. The van der Waals surface area contributed by atoms with Crippen molar-refractivity contribution in [1.82, 2.24) is 0 Å². The molecule has 0 radical (unpaired) electrons. The second-order valence-electron chi connectivity index (χ2n) is 21.7. The molecule has 0 heterocycles. The normalized spacial score (nSPS) is 26.7. The van der Waals surface area contributed by atoms with Gasteiger partial charge in [0, 0.05) is 42.7 Å². The number of hydrogen-bond donors (Lipinski definition) is 0. The van der Waals surface area contributed by atoms with Gasteiger partial charge in [-0.1, -0.05) is 146 Å². The molecule has 0 spiro atoms. The first kappa shape index (κ1) is 56.1. The van der Waals surface area contributed by atoms with Gasteiger partial charge >= 0.3 is 0 Å². The third-order valence-corrected chi connectivity index (χ3v) is 17.8. The van der Waals surface area contributed by atoms with E-state index in [1.807, 2.05) is 0 Å². The van der Waals surface area contributed by atoms with Crippen molar-refractivity contribution in [3.05, 3.63) is 179 Å². The van der Waals surface area contributed by atoms with Crippen molar-refractivity contribution in [3.8, 4) is 33.4 Å². The first-order valence-electron chi connectivity index (χ1n) is 27.6. The Morgan fingerprint density at radius 3 is 0.423 bits per heavy atom. The Morgan fingerprint density at radius 2 is 0.321 bits per heavy atom. The summed E-state index contributed by atoms with van der Waals surface area (Å²) in [7, 11) is 10.1. The lowest BCUT2D eigenvalue weighted by Gasteiger charge is -2.46. The topological polar surface area (TPSA) is 111 Å². The summed E-state index contributed by atoms with van der Waals surface area (Å²) in [6, 6.07) is 53.1. The Bertz CT molecular complexity index is 2300. The van der Waals surface area contributed by atoms with E-state index in [0.29, 0.717) is 0 Å². The van der Waals surface area contributed by atoms with Gasteiger partial charge in [0.1, 0.15) is 40.8 Å². The lowest BCUT2D eigenvalue weighted by Crippen LogP contribution is -2.43.